The molecule has 5 rings (SSSR count). The van der Waals surface area contributed by atoms with Crippen molar-refractivity contribution in [1.82, 2.24) is 4.98 Å². The summed E-state index contributed by atoms with van der Waals surface area (Å²) in [5, 5.41) is 0. The maximum absolute atomic E-state index is 14.6. The van der Waals surface area contributed by atoms with Crippen molar-refractivity contribution in [3.63, 3.8) is 0 Å². The van der Waals surface area contributed by atoms with Crippen molar-refractivity contribution in [2.75, 3.05) is 18.6 Å². The lowest BCUT2D eigenvalue weighted by molar-refractivity contribution is -0.143. The number of alkyl halides is 6. The van der Waals surface area contributed by atoms with Crippen molar-refractivity contribution in [1.29, 1.82) is 0 Å². The molecule has 1 aliphatic rings. The molecule has 0 fully saturated rings. The number of ether oxygens (including phenoxy) is 1. The zero-order valence-electron chi connectivity index (χ0n) is 27.2. The number of hydrogen-bond acceptors (Lipinski definition) is 3. The summed E-state index contributed by atoms with van der Waals surface area (Å²) in [5.41, 5.74) is -1.42. The first-order valence-corrected chi connectivity index (χ1v) is 15.7. The fourth-order valence-electron chi connectivity index (χ4n) is 6.08. The second-order valence-corrected chi connectivity index (χ2v) is 12.5. The van der Waals surface area contributed by atoms with Crippen LogP contribution in [0.3, 0.4) is 0 Å². The van der Waals surface area contributed by atoms with Gasteiger partial charge in [0.2, 0.25) is 5.91 Å². The molecular formula is C38H35F7N2O2. The number of pyridine rings is 1. The van der Waals surface area contributed by atoms with Gasteiger partial charge < -0.3 is 9.64 Å². The largest absolute Gasteiger partial charge is 0.416 e. The third-order valence-electron chi connectivity index (χ3n) is 8.85. The number of benzene rings is 3. The highest BCUT2D eigenvalue weighted by molar-refractivity contribution is 6.03. The quantitative estimate of drug-likeness (QED) is 0.165. The number of carbonyl (C=O) groups excluding carboxylic acids is 1. The molecule has 0 radical (unpaired) electrons. The summed E-state index contributed by atoms with van der Waals surface area (Å²) in [6.07, 6.45) is -3.03. The standard InChI is InChI=1S/C38H35F7N2O2/c1-24-16-30(39)14-15-31(24)32-20-33(26-12-8-5-9-13-26)46-21-34(32)47(3)35(48)36(2,23-49-22-25-10-6-4-7-11-25)27-17-28(37(40,41)42)19-29(18-27)38(43,44)45/h4,6-7,10-12,14-21H,5,8-9,13,22-23H2,1-3H3. The van der Waals surface area contributed by atoms with Crippen LogP contribution in [0.1, 0.15) is 66.1 Å². The molecule has 3 aromatic carbocycles. The van der Waals surface area contributed by atoms with Crippen LogP contribution in [0.15, 0.2) is 85.1 Å². The van der Waals surface area contributed by atoms with E-state index in [1.54, 1.807) is 49.4 Å². The molecule has 0 spiro atoms. The number of aryl methyl sites for hydroxylation is 1. The Balaban J connectivity index is 1.65. The van der Waals surface area contributed by atoms with E-state index in [0.29, 0.717) is 40.1 Å². The van der Waals surface area contributed by atoms with Crippen LogP contribution < -0.4 is 4.90 Å². The molecule has 1 atom stereocenters. The molecular weight excluding hydrogens is 649 g/mol. The summed E-state index contributed by atoms with van der Waals surface area (Å²) in [5.74, 6) is -1.30. The van der Waals surface area contributed by atoms with Gasteiger partial charge >= 0.3 is 12.4 Å². The molecule has 0 saturated heterocycles. The fraction of sp³-hybridized carbons (Fsp3) is 0.316. The average molecular weight is 685 g/mol. The summed E-state index contributed by atoms with van der Waals surface area (Å²) in [7, 11) is 1.38. The van der Waals surface area contributed by atoms with E-state index in [0.717, 1.165) is 31.3 Å². The van der Waals surface area contributed by atoms with Crippen LogP contribution in [-0.4, -0.2) is 24.5 Å². The normalized spacial score (nSPS) is 15.0. The van der Waals surface area contributed by atoms with Crippen molar-refractivity contribution >= 4 is 17.2 Å². The van der Waals surface area contributed by atoms with Crippen molar-refractivity contribution in [3.05, 3.63) is 124 Å². The van der Waals surface area contributed by atoms with Gasteiger partial charge in [-0.05, 0) is 104 Å². The summed E-state index contributed by atoms with van der Waals surface area (Å²) < 4.78 is 104. The van der Waals surface area contributed by atoms with Crippen molar-refractivity contribution in [2.45, 2.75) is 63.9 Å². The highest BCUT2D eigenvalue weighted by Crippen LogP contribution is 2.42. The van der Waals surface area contributed by atoms with Crippen LogP contribution in [0.2, 0.25) is 0 Å². The lowest BCUT2D eigenvalue weighted by Crippen LogP contribution is -2.47. The van der Waals surface area contributed by atoms with Crippen LogP contribution in [0.25, 0.3) is 16.7 Å². The highest BCUT2D eigenvalue weighted by Gasteiger charge is 2.44. The summed E-state index contributed by atoms with van der Waals surface area (Å²) in [4.78, 5) is 20.4. The number of hydrogen-bond donors (Lipinski definition) is 0. The van der Waals surface area contributed by atoms with E-state index in [4.69, 9.17) is 4.74 Å². The van der Waals surface area contributed by atoms with E-state index in [9.17, 15) is 35.5 Å². The Morgan fingerprint density at radius 1 is 0.857 bits per heavy atom. The second-order valence-electron chi connectivity index (χ2n) is 12.5. The molecule has 49 heavy (non-hydrogen) atoms. The molecule has 258 valence electrons. The van der Waals surface area contributed by atoms with E-state index in [1.807, 2.05) is 0 Å². The molecule has 0 N–H and O–H groups in total. The number of nitrogens with zero attached hydrogens (tertiary/aromatic N) is 2. The summed E-state index contributed by atoms with van der Waals surface area (Å²) >= 11 is 0. The van der Waals surface area contributed by atoms with Gasteiger partial charge in [-0.15, -0.1) is 0 Å². The van der Waals surface area contributed by atoms with Gasteiger partial charge in [0.05, 0.1) is 47.3 Å². The van der Waals surface area contributed by atoms with Crippen LogP contribution >= 0.6 is 0 Å². The molecule has 1 amide bonds. The molecule has 4 aromatic rings. The molecule has 1 unspecified atom stereocenters. The zero-order chi connectivity index (χ0) is 35.6. The molecule has 0 bridgehead atoms. The Labute approximate surface area is 280 Å². The van der Waals surface area contributed by atoms with Crippen LogP contribution in [0.5, 0.6) is 0 Å². The summed E-state index contributed by atoms with van der Waals surface area (Å²) in [6.45, 7) is 2.37. The number of amides is 1. The second kappa shape index (κ2) is 14.2. The number of aromatic nitrogens is 1. The molecule has 1 aliphatic carbocycles. The number of anilines is 1. The maximum atomic E-state index is 14.6. The van der Waals surface area contributed by atoms with Gasteiger partial charge in [-0.2, -0.15) is 26.3 Å². The number of halogens is 7. The Morgan fingerprint density at radius 3 is 2.10 bits per heavy atom. The van der Waals surface area contributed by atoms with Gasteiger partial charge in [0.15, 0.2) is 0 Å². The van der Waals surface area contributed by atoms with E-state index in [2.05, 4.69) is 11.1 Å². The smallest absolute Gasteiger partial charge is 0.375 e. The highest BCUT2D eigenvalue weighted by atomic mass is 19.4. The first kappa shape index (κ1) is 35.8. The van der Waals surface area contributed by atoms with E-state index < -0.39 is 52.8 Å². The minimum atomic E-state index is -5.13. The Hall–Kier alpha value is -4.51. The van der Waals surface area contributed by atoms with E-state index in [1.165, 1.54) is 37.2 Å². The van der Waals surface area contributed by atoms with Crippen molar-refractivity contribution in [3.8, 4) is 11.1 Å². The Kier molecular flexibility index (Phi) is 10.3. The maximum Gasteiger partial charge on any atom is 0.416 e. The van der Waals surface area contributed by atoms with Crippen LogP contribution in [0.4, 0.5) is 36.4 Å². The molecule has 0 aliphatic heterocycles. The van der Waals surface area contributed by atoms with Gasteiger partial charge in [-0.3, -0.25) is 9.78 Å². The fourth-order valence-corrected chi connectivity index (χ4v) is 6.08. The lowest BCUT2D eigenvalue weighted by Gasteiger charge is -2.34. The number of rotatable bonds is 9. The van der Waals surface area contributed by atoms with Crippen LogP contribution in [-0.2, 0) is 33.9 Å². The van der Waals surface area contributed by atoms with Gasteiger partial charge in [0.1, 0.15) is 5.82 Å². The molecule has 0 saturated carbocycles. The van der Waals surface area contributed by atoms with Crippen molar-refractivity contribution < 1.29 is 40.3 Å². The topological polar surface area (TPSA) is 42.4 Å². The predicted molar refractivity (Wildman–Crippen MR) is 174 cm³/mol. The molecule has 4 nitrogen and oxygen atoms in total. The average Bonchev–Trinajstić information content (AvgIpc) is 3.07. The van der Waals surface area contributed by atoms with Gasteiger partial charge in [0, 0.05) is 12.6 Å². The minimum absolute atomic E-state index is 0.0287. The first-order valence-electron chi connectivity index (χ1n) is 15.7. The van der Waals surface area contributed by atoms with E-state index >= 15 is 0 Å². The SMILES string of the molecule is Cc1cc(F)ccc1-c1cc(C2=CCCCC2)ncc1N(C)C(=O)C(C)(COCc1ccccc1)c1cc(C(F)(F)F)cc(C(F)(F)F)c1. The number of carbonyl (C=O) groups is 1. The van der Waals surface area contributed by atoms with Gasteiger partial charge in [0.25, 0.3) is 0 Å². The van der Waals surface area contributed by atoms with E-state index in [-0.39, 0.29) is 18.4 Å². The lowest BCUT2D eigenvalue weighted by atomic mass is 9.79. The van der Waals surface area contributed by atoms with Crippen molar-refractivity contribution in [2.24, 2.45) is 0 Å². The molecule has 1 heterocycles. The first-order chi connectivity index (χ1) is 23.1. The Morgan fingerprint density at radius 2 is 1.51 bits per heavy atom. The Bertz CT molecular complexity index is 1820. The third-order valence-corrected chi connectivity index (χ3v) is 8.85. The minimum Gasteiger partial charge on any atom is -0.375 e. The monoisotopic (exact) mass is 684 g/mol. The number of allylic oxidation sites excluding steroid dienone is 2. The third kappa shape index (κ3) is 8.04. The summed E-state index contributed by atoms with van der Waals surface area (Å²) in [6, 6.07) is 15.9. The molecule has 11 heteroatoms. The number of likely N-dealkylation sites (N-methyl/N-ethyl adjacent to an activating group) is 1. The predicted octanol–water partition coefficient (Wildman–Crippen LogP) is 10.3. The van der Waals surface area contributed by atoms with Crippen LogP contribution in [0, 0.1) is 12.7 Å². The van der Waals surface area contributed by atoms with Gasteiger partial charge in [-0.1, -0.05) is 42.5 Å². The van der Waals surface area contributed by atoms with Gasteiger partial charge in [-0.25, -0.2) is 4.39 Å². The zero-order valence-corrected chi connectivity index (χ0v) is 27.2. The molecule has 1 aromatic heterocycles.